The molecule has 2 saturated heterocycles. The van der Waals surface area contributed by atoms with Gasteiger partial charge in [-0.1, -0.05) is 0 Å². The maximum absolute atomic E-state index is 12.7. The minimum Gasteiger partial charge on any atom is -0.486 e. The van der Waals surface area contributed by atoms with E-state index in [1.165, 1.54) is 0 Å². The molecular formula is C21H30N4O5. The van der Waals surface area contributed by atoms with E-state index in [9.17, 15) is 9.59 Å². The lowest BCUT2D eigenvalue weighted by Crippen LogP contribution is -2.47. The molecule has 0 saturated carbocycles. The van der Waals surface area contributed by atoms with E-state index in [-0.39, 0.29) is 18.0 Å². The molecule has 3 aliphatic heterocycles. The van der Waals surface area contributed by atoms with Crippen LogP contribution in [0.25, 0.3) is 0 Å². The number of amides is 3. The summed E-state index contributed by atoms with van der Waals surface area (Å²) in [4.78, 5) is 31.0. The third kappa shape index (κ3) is 4.96. The SMILES string of the molecule is CC(=O)N(CCN1CCOCC1)C1CCN(C(=O)Nc2ccc3c(c2)OCCO3)C1. The molecular weight excluding hydrogens is 388 g/mol. The normalized spacial score (nSPS) is 21.4. The number of nitrogens with zero attached hydrogens (tertiary/aromatic N) is 3. The van der Waals surface area contributed by atoms with Crippen LogP contribution in [0.15, 0.2) is 18.2 Å². The zero-order valence-corrected chi connectivity index (χ0v) is 17.5. The quantitative estimate of drug-likeness (QED) is 0.775. The zero-order chi connectivity index (χ0) is 20.9. The van der Waals surface area contributed by atoms with Gasteiger partial charge in [-0.25, -0.2) is 4.79 Å². The summed E-state index contributed by atoms with van der Waals surface area (Å²) in [6.07, 6.45) is 0.789. The van der Waals surface area contributed by atoms with Crippen LogP contribution in [-0.4, -0.2) is 98.4 Å². The third-order valence-electron chi connectivity index (χ3n) is 5.85. The molecule has 0 aromatic heterocycles. The Balaban J connectivity index is 1.30. The highest BCUT2D eigenvalue weighted by Crippen LogP contribution is 2.32. The first-order valence-electron chi connectivity index (χ1n) is 10.6. The lowest BCUT2D eigenvalue weighted by Gasteiger charge is -2.32. The fraction of sp³-hybridized carbons (Fsp3) is 0.619. The Bertz CT molecular complexity index is 768. The van der Waals surface area contributed by atoms with Crippen LogP contribution >= 0.6 is 0 Å². The van der Waals surface area contributed by atoms with Crippen LogP contribution in [0.1, 0.15) is 13.3 Å². The van der Waals surface area contributed by atoms with E-state index in [1.807, 2.05) is 11.0 Å². The number of fused-ring (bicyclic) bond motifs is 1. The van der Waals surface area contributed by atoms with Crippen LogP contribution in [0.3, 0.4) is 0 Å². The van der Waals surface area contributed by atoms with Gasteiger partial charge in [0.2, 0.25) is 5.91 Å². The topological polar surface area (TPSA) is 83.6 Å². The lowest BCUT2D eigenvalue weighted by atomic mass is 10.2. The number of morpholine rings is 1. The Morgan fingerprint density at radius 1 is 1.10 bits per heavy atom. The van der Waals surface area contributed by atoms with Crippen LogP contribution in [0.2, 0.25) is 0 Å². The molecule has 164 valence electrons. The second kappa shape index (κ2) is 9.53. The van der Waals surface area contributed by atoms with Crippen molar-refractivity contribution < 1.29 is 23.8 Å². The summed E-state index contributed by atoms with van der Waals surface area (Å²) in [5, 5.41) is 2.93. The average molecular weight is 418 g/mol. The van der Waals surface area contributed by atoms with Gasteiger partial charge in [0, 0.05) is 57.9 Å². The Kier molecular flexibility index (Phi) is 6.59. The van der Waals surface area contributed by atoms with Crippen molar-refractivity contribution in [2.24, 2.45) is 0 Å². The first kappa shape index (κ1) is 20.7. The van der Waals surface area contributed by atoms with Gasteiger partial charge in [-0.15, -0.1) is 0 Å². The monoisotopic (exact) mass is 418 g/mol. The van der Waals surface area contributed by atoms with Gasteiger partial charge in [-0.3, -0.25) is 9.69 Å². The van der Waals surface area contributed by atoms with Crippen molar-refractivity contribution >= 4 is 17.6 Å². The van der Waals surface area contributed by atoms with Gasteiger partial charge in [0.05, 0.1) is 19.3 Å². The fourth-order valence-corrected chi connectivity index (χ4v) is 4.18. The number of hydrogen-bond donors (Lipinski definition) is 1. The Morgan fingerprint density at radius 3 is 2.63 bits per heavy atom. The molecule has 0 bridgehead atoms. The lowest BCUT2D eigenvalue weighted by molar-refractivity contribution is -0.131. The highest BCUT2D eigenvalue weighted by atomic mass is 16.6. The number of rotatable bonds is 5. The van der Waals surface area contributed by atoms with Gasteiger partial charge in [0.25, 0.3) is 0 Å². The van der Waals surface area contributed by atoms with Crippen LogP contribution in [-0.2, 0) is 9.53 Å². The Hall–Kier alpha value is -2.52. The van der Waals surface area contributed by atoms with E-state index in [0.29, 0.717) is 50.0 Å². The van der Waals surface area contributed by atoms with E-state index in [0.717, 1.165) is 39.3 Å². The number of anilines is 1. The van der Waals surface area contributed by atoms with E-state index >= 15 is 0 Å². The van der Waals surface area contributed by atoms with Crippen molar-refractivity contribution in [1.29, 1.82) is 0 Å². The molecule has 3 amide bonds. The molecule has 4 rings (SSSR count). The molecule has 1 aromatic rings. The first-order chi connectivity index (χ1) is 14.6. The smallest absolute Gasteiger partial charge is 0.321 e. The molecule has 9 heteroatoms. The number of carbonyl (C=O) groups is 2. The van der Waals surface area contributed by atoms with Gasteiger partial charge >= 0.3 is 6.03 Å². The molecule has 3 aliphatic rings. The summed E-state index contributed by atoms with van der Waals surface area (Å²) in [7, 11) is 0. The van der Waals surface area contributed by atoms with Crippen LogP contribution in [0, 0.1) is 0 Å². The summed E-state index contributed by atoms with van der Waals surface area (Å²) in [6, 6.07) is 5.29. The van der Waals surface area contributed by atoms with E-state index in [4.69, 9.17) is 14.2 Å². The predicted molar refractivity (Wildman–Crippen MR) is 111 cm³/mol. The molecule has 0 spiro atoms. The van der Waals surface area contributed by atoms with Gasteiger partial charge in [0.1, 0.15) is 13.2 Å². The standard InChI is InChI=1S/C21H30N4O5/c1-16(26)25(7-6-23-8-10-28-11-9-23)18-4-5-24(15-18)21(27)22-17-2-3-19-20(14-17)30-13-12-29-19/h2-3,14,18H,4-13,15H2,1H3,(H,22,27). The second-order valence-electron chi connectivity index (χ2n) is 7.84. The maximum Gasteiger partial charge on any atom is 0.321 e. The van der Waals surface area contributed by atoms with Crippen molar-refractivity contribution in [3.63, 3.8) is 0 Å². The van der Waals surface area contributed by atoms with Crippen LogP contribution in [0.5, 0.6) is 11.5 Å². The number of nitrogens with one attached hydrogen (secondary N) is 1. The predicted octanol–water partition coefficient (Wildman–Crippen LogP) is 1.24. The van der Waals surface area contributed by atoms with E-state index in [1.54, 1.807) is 24.0 Å². The average Bonchev–Trinajstić information content (AvgIpc) is 3.24. The summed E-state index contributed by atoms with van der Waals surface area (Å²) in [5.74, 6) is 1.39. The summed E-state index contributed by atoms with van der Waals surface area (Å²) < 4.78 is 16.5. The van der Waals surface area contributed by atoms with Crippen molar-refractivity contribution in [1.82, 2.24) is 14.7 Å². The zero-order valence-electron chi connectivity index (χ0n) is 17.5. The minimum absolute atomic E-state index is 0.0505. The van der Waals surface area contributed by atoms with Gasteiger partial charge in [0.15, 0.2) is 11.5 Å². The van der Waals surface area contributed by atoms with Gasteiger partial charge in [-0.2, -0.15) is 0 Å². The number of benzene rings is 1. The summed E-state index contributed by atoms with van der Waals surface area (Å²) in [5.41, 5.74) is 0.670. The summed E-state index contributed by atoms with van der Waals surface area (Å²) in [6.45, 7) is 8.63. The number of ether oxygens (including phenoxy) is 3. The van der Waals surface area contributed by atoms with Crippen LogP contribution in [0.4, 0.5) is 10.5 Å². The molecule has 1 aromatic carbocycles. The molecule has 1 unspecified atom stereocenters. The molecule has 0 aliphatic carbocycles. The second-order valence-corrected chi connectivity index (χ2v) is 7.84. The molecule has 1 N–H and O–H groups in total. The largest absolute Gasteiger partial charge is 0.486 e. The Labute approximate surface area is 176 Å². The first-order valence-corrected chi connectivity index (χ1v) is 10.6. The molecule has 9 nitrogen and oxygen atoms in total. The molecule has 0 radical (unpaired) electrons. The highest BCUT2D eigenvalue weighted by Gasteiger charge is 2.32. The van der Waals surface area contributed by atoms with Crippen molar-refractivity contribution in [2.75, 3.05) is 71.0 Å². The van der Waals surface area contributed by atoms with Gasteiger partial charge < -0.3 is 29.3 Å². The number of carbonyl (C=O) groups excluding carboxylic acids is 2. The summed E-state index contributed by atoms with van der Waals surface area (Å²) >= 11 is 0. The molecule has 30 heavy (non-hydrogen) atoms. The fourth-order valence-electron chi connectivity index (χ4n) is 4.18. The molecule has 2 fully saturated rings. The highest BCUT2D eigenvalue weighted by molar-refractivity contribution is 5.90. The third-order valence-corrected chi connectivity index (χ3v) is 5.85. The van der Waals surface area contributed by atoms with Crippen LogP contribution < -0.4 is 14.8 Å². The van der Waals surface area contributed by atoms with Crippen molar-refractivity contribution in [3.8, 4) is 11.5 Å². The maximum atomic E-state index is 12.7. The van der Waals surface area contributed by atoms with E-state index in [2.05, 4.69) is 10.2 Å². The minimum atomic E-state index is -0.161. The number of hydrogen-bond acceptors (Lipinski definition) is 6. The molecule has 1 atom stereocenters. The number of urea groups is 1. The number of likely N-dealkylation sites (tertiary alicyclic amines) is 1. The van der Waals surface area contributed by atoms with Crippen molar-refractivity contribution in [2.45, 2.75) is 19.4 Å². The van der Waals surface area contributed by atoms with E-state index < -0.39 is 0 Å². The molecule has 3 heterocycles. The Morgan fingerprint density at radius 2 is 1.87 bits per heavy atom. The van der Waals surface area contributed by atoms with Gasteiger partial charge in [-0.05, 0) is 18.6 Å². The van der Waals surface area contributed by atoms with Crippen molar-refractivity contribution in [3.05, 3.63) is 18.2 Å².